The molecule has 0 fully saturated rings. The van der Waals surface area contributed by atoms with Gasteiger partial charge >= 0.3 is 5.97 Å². The van der Waals surface area contributed by atoms with Crippen molar-refractivity contribution >= 4 is 5.97 Å². The smallest absolute Gasteiger partial charge is 0.336 e. The summed E-state index contributed by atoms with van der Waals surface area (Å²) in [5.74, 6) is -0.922. The second kappa shape index (κ2) is 6.50. The molecule has 100 valence electrons. The number of aromatic carboxylic acids is 1. The van der Waals surface area contributed by atoms with Crippen LogP contribution in [-0.4, -0.2) is 11.1 Å². The Hall–Kier alpha value is -2.64. The number of carboxylic acids is 1. The van der Waals surface area contributed by atoms with Crippen LogP contribution in [0.3, 0.4) is 0 Å². The molecule has 4 heteroatoms. The zero-order valence-electron chi connectivity index (χ0n) is 10.8. The van der Waals surface area contributed by atoms with Crippen LogP contribution in [0, 0.1) is 11.3 Å². The summed E-state index contributed by atoms with van der Waals surface area (Å²) >= 11 is 0. The highest BCUT2D eigenvalue weighted by molar-refractivity contribution is 5.89. The minimum atomic E-state index is -0.922. The summed E-state index contributed by atoms with van der Waals surface area (Å²) in [7, 11) is 0. The van der Waals surface area contributed by atoms with Crippen molar-refractivity contribution in [3.63, 3.8) is 0 Å². The summed E-state index contributed by atoms with van der Waals surface area (Å²) in [6.07, 6.45) is 0. The quantitative estimate of drug-likeness (QED) is 0.872. The Balaban J connectivity index is 2.00. The zero-order chi connectivity index (χ0) is 14.4. The lowest BCUT2D eigenvalue weighted by Crippen LogP contribution is -2.15. The van der Waals surface area contributed by atoms with Crippen molar-refractivity contribution in [1.29, 1.82) is 5.26 Å². The molecular weight excluding hydrogens is 252 g/mol. The van der Waals surface area contributed by atoms with Gasteiger partial charge in [0.15, 0.2) is 0 Å². The van der Waals surface area contributed by atoms with Gasteiger partial charge in [0.2, 0.25) is 0 Å². The highest BCUT2D eigenvalue weighted by Crippen LogP contribution is 2.09. The Morgan fingerprint density at radius 1 is 1.15 bits per heavy atom. The molecule has 0 unspecified atom stereocenters. The maximum absolute atomic E-state index is 11.1. The van der Waals surface area contributed by atoms with Crippen molar-refractivity contribution in [1.82, 2.24) is 5.32 Å². The van der Waals surface area contributed by atoms with Gasteiger partial charge in [-0.25, -0.2) is 4.79 Å². The van der Waals surface area contributed by atoms with Crippen LogP contribution in [-0.2, 0) is 13.1 Å². The van der Waals surface area contributed by atoms with E-state index in [2.05, 4.69) is 11.4 Å². The van der Waals surface area contributed by atoms with E-state index in [9.17, 15) is 4.79 Å². The summed E-state index contributed by atoms with van der Waals surface area (Å²) in [5, 5.41) is 21.1. The van der Waals surface area contributed by atoms with E-state index in [1.54, 1.807) is 24.3 Å². The van der Waals surface area contributed by atoms with Crippen LogP contribution < -0.4 is 5.32 Å². The van der Waals surface area contributed by atoms with Crippen LogP contribution in [0.4, 0.5) is 0 Å². The van der Waals surface area contributed by atoms with Crippen LogP contribution in [0.15, 0.2) is 48.5 Å². The number of rotatable bonds is 5. The van der Waals surface area contributed by atoms with E-state index in [1.807, 2.05) is 24.3 Å². The molecule has 0 saturated carbocycles. The number of hydrogen-bond acceptors (Lipinski definition) is 3. The van der Waals surface area contributed by atoms with Gasteiger partial charge in [-0.2, -0.15) is 5.26 Å². The van der Waals surface area contributed by atoms with E-state index in [1.165, 1.54) is 0 Å². The molecule has 0 saturated heterocycles. The van der Waals surface area contributed by atoms with E-state index in [-0.39, 0.29) is 0 Å². The minimum Gasteiger partial charge on any atom is -0.478 e. The van der Waals surface area contributed by atoms with Crippen LogP contribution in [0.1, 0.15) is 27.0 Å². The number of nitrogens with zero attached hydrogens (tertiary/aromatic N) is 1. The van der Waals surface area contributed by atoms with Crippen LogP contribution in [0.25, 0.3) is 0 Å². The van der Waals surface area contributed by atoms with Crippen LogP contribution in [0.2, 0.25) is 0 Å². The van der Waals surface area contributed by atoms with Gasteiger partial charge in [-0.05, 0) is 29.3 Å². The molecule has 0 atom stereocenters. The van der Waals surface area contributed by atoms with Crippen molar-refractivity contribution in [3.8, 4) is 6.07 Å². The van der Waals surface area contributed by atoms with Crippen LogP contribution >= 0.6 is 0 Å². The number of nitriles is 1. The predicted octanol–water partition coefficient (Wildman–Crippen LogP) is 2.55. The Morgan fingerprint density at radius 2 is 1.95 bits per heavy atom. The van der Waals surface area contributed by atoms with Crippen molar-refractivity contribution < 1.29 is 9.90 Å². The van der Waals surface area contributed by atoms with Gasteiger partial charge in [-0.1, -0.05) is 30.3 Å². The van der Waals surface area contributed by atoms with E-state index in [0.29, 0.717) is 24.2 Å². The SMILES string of the molecule is N#Cc1cccc(CNCc2ccccc2C(=O)O)c1. The summed E-state index contributed by atoms with van der Waals surface area (Å²) in [6, 6.07) is 16.3. The van der Waals surface area contributed by atoms with Gasteiger partial charge in [-0.3, -0.25) is 0 Å². The van der Waals surface area contributed by atoms with E-state index < -0.39 is 5.97 Å². The van der Waals surface area contributed by atoms with Gasteiger partial charge in [0.25, 0.3) is 0 Å². The maximum atomic E-state index is 11.1. The van der Waals surface area contributed by atoms with Gasteiger partial charge in [0.1, 0.15) is 0 Å². The normalized spacial score (nSPS) is 9.95. The van der Waals surface area contributed by atoms with E-state index >= 15 is 0 Å². The van der Waals surface area contributed by atoms with E-state index in [4.69, 9.17) is 10.4 Å². The van der Waals surface area contributed by atoms with Gasteiger partial charge in [0.05, 0.1) is 17.2 Å². The first-order chi connectivity index (χ1) is 9.70. The van der Waals surface area contributed by atoms with E-state index in [0.717, 1.165) is 11.1 Å². The van der Waals surface area contributed by atoms with Gasteiger partial charge < -0.3 is 10.4 Å². The first kappa shape index (κ1) is 13.8. The Morgan fingerprint density at radius 3 is 2.70 bits per heavy atom. The summed E-state index contributed by atoms with van der Waals surface area (Å²) in [5.41, 5.74) is 2.68. The topological polar surface area (TPSA) is 73.1 Å². The second-order valence-electron chi connectivity index (χ2n) is 4.38. The molecule has 0 heterocycles. The lowest BCUT2D eigenvalue weighted by atomic mass is 10.1. The molecule has 2 rings (SSSR count). The minimum absolute atomic E-state index is 0.311. The number of hydrogen-bond donors (Lipinski definition) is 2. The maximum Gasteiger partial charge on any atom is 0.336 e. The molecule has 0 aliphatic rings. The first-order valence-electron chi connectivity index (χ1n) is 6.21. The van der Waals surface area contributed by atoms with Gasteiger partial charge in [-0.15, -0.1) is 0 Å². The largest absolute Gasteiger partial charge is 0.478 e. The molecule has 2 N–H and O–H groups in total. The summed E-state index contributed by atoms with van der Waals surface area (Å²) in [4.78, 5) is 11.1. The fourth-order valence-electron chi connectivity index (χ4n) is 1.98. The molecule has 0 spiro atoms. The fourth-order valence-corrected chi connectivity index (χ4v) is 1.98. The fraction of sp³-hybridized carbons (Fsp3) is 0.125. The Labute approximate surface area is 117 Å². The van der Waals surface area contributed by atoms with Crippen LogP contribution in [0.5, 0.6) is 0 Å². The number of carbonyl (C=O) groups is 1. The standard InChI is InChI=1S/C16H14N2O2/c17-9-12-4-3-5-13(8-12)10-18-11-14-6-1-2-7-15(14)16(19)20/h1-8,18H,10-11H2,(H,19,20). The van der Waals surface area contributed by atoms with Crippen molar-refractivity contribution in [2.75, 3.05) is 0 Å². The molecule has 0 bridgehead atoms. The lowest BCUT2D eigenvalue weighted by Gasteiger charge is -2.08. The highest BCUT2D eigenvalue weighted by Gasteiger charge is 2.08. The number of carboxylic acid groups (broad SMARTS) is 1. The first-order valence-corrected chi connectivity index (χ1v) is 6.21. The van der Waals surface area contributed by atoms with Crippen molar-refractivity contribution in [3.05, 3.63) is 70.8 Å². The van der Waals surface area contributed by atoms with Crippen molar-refractivity contribution in [2.45, 2.75) is 13.1 Å². The molecule has 20 heavy (non-hydrogen) atoms. The average Bonchev–Trinajstić information content (AvgIpc) is 2.48. The molecule has 0 radical (unpaired) electrons. The molecule has 0 amide bonds. The van der Waals surface area contributed by atoms with Gasteiger partial charge in [0, 0.05) is 13.1 Å². The highest BCUT2D eigenvalue weighted by atomic mass is 16.4. The third-order valence-corrected chi connectivity index (χ3v) is 2.95. The Kier molecular flexibility index (Phi) is 4.48. The third kappa shape index (κ3) is 3.44. The summed E-state index contributed by atoms with van der Waals surface area (Å²) < 4.78 is 0. The average molecular weight is 266 g/mol. The third-order valence-electron chi connectivity index (χ3n) is 2.95. The zero-order valence-corrected chi connectivity index (χ0v) is 10.8. The molecule has 2 aromatic rings. The lowest BCUT2D eigenvalue weighted by molar-refractivity contribution is 0.0695. The van der Waals surface area contributed by atoms with Crippen molar-refractivity contribution in [2.24, 2.45) is 0 Å². The molecule has 0 aromatic heterocycles. The molecule has 0 aliphatic carbocycles. The number of benzene rings is 2. The monoisotopic (exact) mass is 266 g/mol. The summed E-state index contributed by atoms with van der Waals surface area (Å²) in [6.45, 7) is 1.06. The molecular formula is C16H14N2O2. The Bertz CT molecular complexity index is 660. The molecule has 2 aromatic carbocycles. The molecule has 4 nitrogen and oxygen atoms in total. The second-order valence-corrected chi connectivity index (χ2v) is 4.38. The molecule has 0 aliphatic heterocycles. The number of nitrogens with one attached hydrogen (secondary N) is 1. The predicted molar refractivity (Wildman–Crippen MR) is 75.1 cm³/mol.